The van der Waals surface area contributed by atoms with Gasteiger partial charge in [0.1, 0.15) is 0 Å². The molecule has 2 heteroatoms. The molecule has 0 aromatic rings. The molecule has 0 aromatic carbocycles. The van der Waals surface area contributed by atoms with Crippen molar-refractivity contribution in [3.8, 4) is 0 Å². The average molecular weight is 155 g/mol. The summed E-state index contributed by atoms with van der Waals surface area (Å²) < 4.78 is 0. The van der Waals surface area contributed by atoms with Crippen molar-refractivity contribution >= 4 is 0 Å². The molecule has 1 rings (SSSR count). The van der Waals surface area contributed by atoms with E-state index in [0.717, 1.165) is 19.0 Å². The lowest BCUT2D eigenvalue weighted by Gasteiger charge is -2.22. The summed E-state index contributed by atoms with van der Waals surface area (Å²) in [6.45, 7) is 3.46. The van der Waals surface area contributed by atoms with Crippen LogP contribution in [-0.2, 0) is 0 Å². The summed E-state index contributed by atoms with van der Waals surface area (Å²) in [5.41, 5.74) is 0. The average Bonchev–Trinajstić information content (AvgIpc) is 2.03. The summed E-state index contributed by atoms with van der Waals surface area (Å²) in [7, 11) is 4.29. The number of nitrogens with zero attached hydrogens (tertiary/aromatic N) is 2. The molecule has 1 heterocycles. The Morgan fingerprint density at radius 1 is 1.27 bits per heavy atom. The van der Waals surface area contributed by atoms with E-state index in [4.69, 9.17) is 0 Å². The SMILES string of the molecule is CN(C)CCC1CC[N]CC1. The Balaban J connectivity index is 2.05. The lowest BCUT2D eigenvalue weighted by molar-refractivity contribution is 0.298. The molecule has 1 radical (unpaired) electrons. The molecule has 0 atom stereocenters. The van der Waals surface area contributed by atoms with Gasteiger partial charge in [0.2, 0.25) is 0 Å². The highest BCUT2D eigenvalue weighted by Crippen LogP contribution is 2.16. The Bertz CT molecular complexity index is 95.7. The van der Waals surface area contributed by atoms with Crippen LogP contribution in [0.3, 0.4) is 0 Å². The molecule has 1 aliphatic rings. The molecule has 0 spiro atoms. The zero-order chi connectivity index (χ0) is 8.10. The molecule has 65 valence electrons. The van der Waals surface area contributed by atoms with E-state index in [2.05, 4.69) is 24.3 Å². The molecule has 0 N–H and O–H groups in total. The normalized spacial score (nSPS) is 21.0. The standard InChI is InChI=1S/C9H19N2/c1-11(2)8-5-9-3-6-10-7-4-9/h9H,3-8H2,1-2H3. The highest BCUT2D eigenvalue weighted by atomic mass is 15.0. The third kappa shape index (κ3) is 3.73. The molecule has 2 nitrogen and oxygen atoms in total. The summed E-state index contributed by atoms with van der Waals surface area (Å²) in [5.74, 6) is 0.954. The highest BCUT2D eigenvalue weighted by molar-refractivity contribution is 4.68. The first-order chi connectivity index (χ1) is 5.29. The lowest BCUT2D eigenvalue weighted by Crippen LogP contribution is -2.25. The van der Waals surface area contributed by atoms with Crippen LogP contribution in [0.25, 0.3) is 0 Å². The third-order valence-corrected chi connectivity index (χ3v) is 2.38. The molecule has 0 aromatic heterocycles. The Morgan fingerprint density at radius 2 is 1.91 bits per heavy atom. The first-order valence-corrected chi connectivity index (χ1v) is 4.57. The van der Waals surface area contributed by atoms with Crippen LogP contribution in [0.4, 0.5) is 0 Å². The summed E-state index contributed by atoms with van der Waals surface area (Å²) in [6.07, 6.45) is 4.02. The Morgan fingerprint density at radius 3 is 2.45 bits per heavy atom. The van der Waals surface area contributed by atoms with E-state index in [1.165, 1.54) is 25.8 Å². The molecule has 0 saturated carbocycles. The second kappa shape index (κ2) is 4.73. The van der Waals surface area contributed by atoms with E-state index in [9.17, 15) is 0 Å². The minimum atomic E-state index is 0.954. The van der Waals surface area contributed by atoms with Crippen LogP contribution < -0.4 is 5.32 Å². The van der Waals surface area contributed by atoms with Gasteiger partial charge in [-0.3, -0.25) is 0 Å². The van der Waals surface area contributed by atoms with Crippen LogP contribution in [0.15, 0.2) is 0 Å². The first kappa shape index (κ1) is 9.01. The lowest BCUT2D eigenvalue weighted by atomic mass is 9.95. The van der Waals surface area contributed by atoms with Crippen molar-refractivity contribution in [1.29, 1.82) is 0 Å². The molecular formula is C9H19N2. The monoisotopic (exact) mass is 155 g/mol. The molecule has 0 unspecified atom stereocenters. The maximum absolute atomic E-state index is 4.34. The second-order valence-electron chi connectivity index (χ2n) is 3.71. The van der Waals surface area contributed by atoms with Crippen LogP contribution in [0.1, 0.15) is 19.3 Å². The number of hydrogen-bond donors (Lipinski definition) is 0. The predicted octanol–water partition coefficient (Wildman–Crippen LogP) is 0.952. The van der Waals surface area contributed by atoms with Gasteiger partial charge in [0.25, 0.3) is 0 Å². The van der Waals surface area contributed by atoms with Crippen LogP contribution in [0.5, 0.6) is 0 Å². The van der Waals surface area contributed by atoms with Crippen LogP contribution in [-0.4, -0.2) is 38.6 Å². The maximum atomic E-state index is 4.34. The van der Waals surface area contributed by atoms with Gasteiger partial charge in [-0.05, 0) is 45.8 Å². The molecule has 0 amide bonds. The Hall–Kier alpha value is -0.0800. The van der Waals surface area contributed by atoms with Crippen molar-refractivity contribution < 1.29 is 0 Å². The van der Waals surface area contributed by atoms with Gasteiger partial charge in [0, 0.05) is 13.1 Å². The van der Waals surface area contributed by atoms with Gasteiger partial charge in [-0.15, -0.1) is 0 Å². The van der Waals surface area contributed by atoms with E-state index in [0.29, 0.717) is 0 Å². The van der Waals surface area contributed by atoms with Gasteiger partial charge in [0.15, 0.2) is 0 Å². The van der Waals surface area contributed by atoms with Crippen molar-refractivity contribution in [3.05, 3.63) is 0 Å². The van der Waals surface area contributed by atoms with Crippen LogP contribution >= 0.6 is 0 Å². The zero-order valence-electron chi connectivity index (χ0n) is 7.71. The fourth-order valence-electron chi connectivity index (χ4n) is 1.53. The molecule has 1 fully saturated rings. The minimum Gasteiger partial charge on any atom is -0.309 e. The summed E-state index contributed by atoms with van der Waals surface area (Å²) in [5, 5.41) is 4.34. The highest BCUT2D eigenvalue weighted by Gasteiger charge is 2.12. The van der Waals surface area contributed by atoms with Crippen LogP contribution in [0.2, 0.25) is 0 Å². The number of rotatable bonds is 3. The van der Waals surface area contributed by atoms with Crippen molar-refractivity contribution in [2.45, 2.75) is 19.3 Å². The molecule has 11 heavy (non-hydrogen) atoms. The van der Waals surface area contributed by atoms with Crippen molar-refractivity contribution in [2.75, 3.05) is 33.7 Å². The molecular weight excluding hydrogens is 136 g/mol. The van der Waals surface area contributed by atoms with E-state index < -0.39 is 0 Å². The van der Waals surface area contributed by atoms with Gasteiger partial charge in [-0.1, -0.05) is 0 Å². The smallest absolute Gasteiger partial charge is 0.0136 e. The minimum absolute atomic E-state index is 0.954. The van der Waals surface area contributed by atoms with Crippen molar-refractivity contribution in [3.63, 3.8) is 0 Å². The topological polar surface area (TPSA) is 17.3 Å². The van der Waals surface area contributed by atoms with Gasteiger partial charge in [-0.25, -0.2) is 5.32 Å². The summed E-state index contributed by atoms with van der Waals surface area (Å²) >= 11 is 0. The quantitative estimate of drug-likeness (QED) is 0.593. The fraction of sp³-hybridized carbons (Fsp3) is 1.00. The first-order valence-electron chi connectivity index (χ1n) is 4.57. The fourth-order valence-corrected chi connectivity index (χ4v) is 1.53. The Kier molecular flexibility index (Phi) is 3.87. The van der Waals surface area contributed by atoms with E-state index >= 15 is 0 Å². The number of hydrogen-bond acceptors (Lipinski definition) is 1. The van der Waals surface area contributed by atoms with E-state index in [-0.39, 0.29) is 0 Å². The molecule has 1 aliphatic heterocycles. The van der Waals surface area contributed by atoms with Crippen molar-refractivity contribution in [1.82, 2.24) is 10.2 Å². The van der Waals surface area contributed by atoms with Gasteiger partial charge >= 0.3 is 0 Å². The number of piperidine rings is 1. The predicted molar refractivity (Wildman–Crippen MR) is 47.8 cm³/mol. The molecule has 0 aliphatic carbocycles. The van der Waals surface area contributed by atoms with E-state index in [1.807, 2.05) is 0 Å². The second-order valence-corrected chi connectivity index (χ2v) is 3.71. The zero-order valence-corrected chi connectivity index (χ0v) is 7.71. The van der Waals surface area contributed by atoms with Crippen LogP contribution in [0, 0.1) is 5.92 Å². The van der Waals surface area contributed by atoms with Gasteiger partial charge in [0.05, 0.1) is 0 Å². The molecule has 0 bridgehead atoms. The largest absolute Gasteiger partial charge is 0.309 e. The van der Waals surface area contributed by atoms with Gasteiger partial charge in [-0.2, -0.15) is 0 Å². The van der Waals surface area contributed by atoms with Gasteiger partial charge < -0.3 is 4.90 Å². The van der Waals surface area contributed by atoms with E-state index in [1.54, 1.807) is 0 Å². The third-order valence-electron chi connectivity index (χ3n) is 2.38. The molecule has 1 saturated heterocycles. The van der Waals surface area contributed by atoms with Crippen molar-refractivity contribution in [2.24, 2.45) is 5.92 Å². The Labute approximate surface area is 70.0 Å². The summed E-state index contributed by atoms with van der Waals surface area (Å²) in [4.78, 5) is 2.27. The summed E-state index contributed by atoms with van der Waals surface area (Å²) in [6, 6.07) is 0. The maximum Gasteiger partial charge on any atom is 0.0136 e.